The van der Waals surface area contributed by atoms with Crippen LogP contribution in [-0.2, 0) is 49.2 Å². The van der Waals surface area contributed by atoms with Gasteiger partial charge in [-0.15, -0.1) is 0 Å². The number of pyridine rings is 2. The summed E-state index contributed by atoms with van der Waals surface area (Å²) in [6.45, 7) is 0.741. The molecule has 0 bridgehead atoms. The number of hydrogen-bond donors (Lipinski definition) is 1. The van der Waals surface area contributed by atoms with Crippen LogP contribution in [0.2, 0.25) is 0 Å². The molecule has 0 saturated heterocycles. The van der Waals surface area contributed by atoms with Gasteiger partial charge in [0.05, 0.1) is 55.4 Å². The van der Waals surface area contributed by atoms with Crippen LogP contribution in [0.3, 0.4) is 0 Å². The van der Waals surface area contributed by atoms with Crippen molar-refractivity contribution < 1.29 is 43.8 Å². The highest BCUT2D eigenvalue weighted by atomic mass is 16.7. The molecule has 8 rings (SSSR count). The molecule has 2 aromatic heterocycles. The topological polar surface area (TPSA) is 262 Å². The maximum absolute atomic E-state index is 14.0. The van der Waals surface area contributed by atoms with Gasteiger partial charge >= 0.3 is 11.9 Å². The van der Waals surface area contributed by atoms with Crippen molar-refractivity contribution in [1.29, 1.82) is 0 Å². The summed E-state index contributed by atoms with van der Waals surface area (Å²) in [6, 6.07) is 11.8. The number of aromatic nitrogens is 2. The van der Waals surface area contributed by atoms with Gasteiger partial charge in [-0.05, 0) is 56.4 Å². The number of fused-ring (bicyclic) bond motifs is 8. The van der Waals surface area contributed by atoms with Crippen LogP contribution in [0.25, 0.3) is 33.4 Å². The monoisotopic (exact) mass is 791 g/mol. The Morgan fingerprint density at radius 1 is 0.983 bits per heavy atom. The average molecular weight is 792 g/mol. The third kappa shape index (κ3) is 5.76. The number of phenolic OH excluding ortho intramolecular Hbond substituents is 1. The lowest BCUT2D eigenvalue weighted by Crippen LogP contribution is -2.48. The molecule has 1 atom stereocenters. The van der Waals surface area contributed by atoms with E-state index in [0.717, 1.165) is 24.3 Å². The number of carbonyl (C=O) groups is 2. The van der Waals surface area contributed by atoms with Crippen LogP contribution >= 0.6 is 0 Å². The molecule has 0 radical (unpaired) electrons. The normalized spacial score (nSPS) is 16.6. The van der Waals surface area contributed by atoms with E-state index in [1.807, 2.05) is 25.1 Å². The highest BCUT2D eigenvalue weighted by molar-refractivity contribution is 6.26. The Labute approximate surface area is 324 Å². The van der Waals surface area contributed by atoms with Gasteiger partial charge in [-0.1, -0.05) is 12.1 Å². The first kappa shape index (κ1) is 37.3. The van der Waals surface area contributed by atoms with Gasteiger partial charge in [0.15, 0.2) is 0 Å². The van der Waals surface area contributed by atoms with Crippen LogP contribution in [0, 0.1) is 30.3 Å². The van der Waals surface area contributed by atoms with Gasteiger partial charge in [0.25, 0.3) is 22.6 Å². The van der Waals surface area contributed by atoms with Gasteiger partial charge in [-0.3, -0.25) is 35.1 Å². The first-order valence-electron chi connectivity index (χ1n) is 17.6. The van der Waals surface area contributed by atoms with Crippen LogP contribution in [0.5, 0.6) is 5.75 Å². The zero-order valence-electron chi connectivity index (χ0n) is 30.7. The van der Waals surface area contributed by atoms with E-state index in [0.29, 0.717) is 40.0 Å². The first-order chi connectivity index (χ1) is 27.6. The molecule has 20 nitrogen and oxygen atoms in total. The Hall–Kier alpha value is -7.61. The van der Waals surface area contributed by atoms with E-state index in [1.165, 1.54) is 10.6 Å². The number of nitro benzene ring substituents is 3. The molecule has 0 spiro atoms. The molecule has 0 amide bonds. The number of rotatable bonds is 10. The number of aromatic hydroxyl groups is 1. The van der Waals surface area contributed by atoms with E-state index in [-0.39, 0.29) is 57.8 Å². The minimum Gasteiger partial charge on any atom is -0.508 e. The number of phenols is 1. The lowest BCUT2D eigenvalue weighted by molar-refractivity contribution is -0.393. The van der Waals surface area contributed by atoms with Crippen LogP contribution in [0.1, 0.15) is 46.7 Å². The Bertz CT molecular complexity index is 2810. The Kier molecular flexibility index (Phi) is 8.72. The summed E-state index contributed by atoms with van der Waals surface area (Å²) in [7, 11) is 3.73. The second kappa shape index (κ2) is 13.5. The molecule has 2 aliphatic heterocycles. The molecule has 58 heavy (non-hydrogen) atoms. The van der Waals surface area contributed by atoms with Gasteiger partial charge in [-0.2, -0.15) is 0 Å². The minimum absolute atomic E-state index is 0.0299. The molecule has 294 valence electrons. The lowest BCUT2D eigenvalue weighted by Gasteiger charge is -2.35. The first-order valence-corrected chi connectivity index (χ1v) is 17.6. The van der Waals surface area contributed by atoms with Crippen molar-refractivity contribution in [1.82, 2.24) is 14.5 Å². The Morgan fingerprint density at radius 3 is 2.41 bits per heavy atom. The van der Waals surface area contributed by atoms with Crippen LogP contribution in [-0.4, -0.2) is 72.7 Å². The van der Waals surface area contributed by atoms with E-state index in [2.05, 4.69) is 5.16 Å². The number of nitrogens with zero attached hydrogens (tertiary/aromatic N) is 7. The summed E-state index contributed by atoms with van der Waals surface area (Å²) in [5.74, 6) is -2.01. The number of ether oxygens (including phenoxy) is 2. The van der Waals surface area contributed by atoms with Crippen molar-refractivity contribution in [3.63, 3.8) is 0 Å². The number of carbonyl (C=O) groups excluding carboxylic acids is 2. The van der Waals surface area contributed by atoms with Gasteiger partial charge < -0.3 is 28.9 Å². The number of nitro groups is 3. The summed E-state index contributed by atoms with van der Waals surface area (Å²) in [4.78, 5) is 86.1. The summed E-state index contributed by atoms with van der Waals surface area (Å²) in [5.41, 5.74) is -1.92. The molecular formula is C38H29N7O13. The van der Waals surface area contributed by atoms with Crippen molar-refractivity contribution in [3.8, 4) is 28.3 Å². The number of hydrogen-bond acceptors (Lipinski definition) is 16. The quantitative estimate of drug-likeness (QED) is 0.113. The van der Waals surface area contributed by atoms with E-state index in [9.17, 15) is 49.8 Å². The molecule has 1 aliphatic carbocycles. The fraction of sp³-hybridized carbons (Fsp3) is 0.237. The van der Waals surface area contributed by atoms with Crippen molar-refractivity contribution in [3.05, 3.63) is 129 Å². The standard InChI is InChI=1S/C38H29N7O13/c1-4-38(58-32(47)17-57-40-35-23-10-19(43(50)51)5-6-21(23)33-24(35)11-20(44(52)53)12-29(33)45(54)55)27-13-30-34-18(14-42(30)36(48)26(27)16-56-37(38)49)9-22-25(15-41(2)3)31(46)8-7-28(22)39-34/h5-13,46H,4,14-17H2,1-3H3/b40-35-/t38-/m0/s1. The molecule has 3 aliphatic rings. The van der Waals surface area contributed by atoms with E-state index in [1.54, 1.807) is 25.1 Å². The smallest absolute Gasteiger partial charge is 0.355 e. The maximum Gasteiger partial charge on any atom is 0.355 e. The third-order valence-electron chi connectivity index (χ3n) is 10.3. The zero-order chi connectivity index (χ0) is 41.4. The van der Waals surface area contributed by atoms with Gasteiger partial charge in [-0.25, -0.2) is 14.6 Å². The van der Waals surface area contributed by atoms with Crippen molar-refractivity contribution in [2.45, 2.75) is 38.6 Å². The molecule has 1 N–H and O–H groups in total. The summed E-state index contributed by atoms with van der Waals surface area (Å²) in [6.07, 6.45) is -0.176. The van der Waals surface area contributed by atoms with E-state index >= 15 is 0 Å². The SMILES string of the molecule is CC[C@@]1(OC(=O)CO/N=C2/c3cc([N+](=O)[O-])ccc3-c3c2cc([N+](=O)[O-])cc3[N+](=O)[O-])C(=O)OCc2c1cc1n(c2=O)Cc2cc3c(CN(C)C)c(O)ccc3nc2-1. The molecular weight excluding hydrogens is 762 g/mol. The number of cyclic esters (lactones) is 1. The molecule has 5 aromatic rings. The van der Waals surface area contributed by atoms with Gasteiger partial charge in [0.2, 0.25) is 12.2 Å². The molecule has 4 heterocycles. The predicted molar refractivity (Wildman–Crippen MR) is 201 cm³/mol. The van der Waals surface area contributed by atoms with Crippen LogP contribution in [0.15, 0.2) is 64.5 Å². The van der Waals surface area contributed by atoms with E-state index in [4.69, 9.17) is 19.3 Å². The van der Waals surface area contributed by atoms with Crippen molar-refractivity contribution >= 4 is 45.6 Å². The van der Waals surface area contributed by atoms with Crippen LogP contribution < -0.4 is 5.56 Å². The third-order valence-corrected chi connectivity index (χ3v) is 10.3. The molecule has 20 heteroatoms. The number of non-ortho nitro benzene ring substituents is 2. The fourth-order valence-corrected chi connectivity index (χ4v) is 7.75. The van der Waals surface area contributed by atoms with Gasteiger partial charge in [0.1, 0.15) is 18.1 Å². The largest absolute Gasteiger partial charge is 0.508 e. The molecule has 3 aromatic carbocycles. The number of esters is 2. The Morgan fingerprint density at radius 2 is 1.72 bits per heavy atom. The minimum atomic E-state index is -2.12. The zero-order valence-corrected chi connectivity index (χ0v) is 30.7. The predicted octanol–water partition coefficient (Wildman–Crippen LogP) is 4.57. The maximum atomic E-state index is 14.0. The molecule has 0 unspecified atom stereocenters. The number of benzene rings is 3. The fourth-order valence-electron chi connectivity index (χ4n) is 7.75. The molecule has 0 saturated carbocycles. The Balaban J connectivity index is 1.14. The second-order valence-electron chi connectivity index (χ2n) is 14.0. The summed E-state index contributed by atoms with van der Waals surface area (Å²) in [5, 5.41) is 50.6. The highest BCUT2D eigenvalue weighted by Gasteiger charge is 2.50. The molecule has 0 fully saturated rings. The van der Waals surface area contributed by atoms with E-state index < -0.39 is 68.1 Å². The summed E-state index contributed by atoms with van der Waals surface area (Å²) < 4.78 is 12.7. The van der Waals surface area contributed by atoms with Crippen LogP contribution in [0.4, 0.5) is 17.1 Å². The average Bonchev–Trinajstić information content (AvgIpc) is 3.70. The van der Waals surface area contributed by atoms with Gasteiger partial charge in [0, 0.05) is 57.9 Å². The lowest BCUT2D eigenvalue weighted by atomic mass is 9.85. The second-order valence-corrected chi connectivity index (χ2v) is 14.0. The number of oxime groups is 1. The highest BCUT2D eigenvalue weighted by Crippen LogP contribution is 2.46. The summed E-state index contributed by atoms with van der Waals surface area (Å²) >= 11 is 0. The van der Waals surface area contributed by atoms with Crippen molar-refractivity contribution in [2.75, 3.05) is 20.7 Å². The van der Waals surface area contributed by atoms with Crippen molar-refractivity contribution in [2.24, 2.45) is 5.16 Å².